The van der Waals surface area contributed by atoms with Crippen LogP contribution in [0.3, 0.4) is 0 Å². The lowest BCUT2D eigenvalue weighted by Gasteiger charge is -2.21. The third kappa shape index (κ3) is 6.59. The van der Waals surface area contributed by atoms with E-state index in [1.807, 2.05) is 30.7 Å². The van der Waals surface area contributed by atoms with Crippen LogP contribution < -0.4 is 15.4 Å². The quantitative estimate of drug-likeness (QED) is 0.279. The zero-order valence-electron chi connectivity index (χ0n) is 16.4. The smallest absolute Gasteiger partial charge is 0.240 e. The summed E-state index contributed by atoms with van der Waals surface area (Å²) in [6, 6.07) is 8.58. The Morgan fingerprint density at radius 1 is 1.18 bits per heavy atom. The highest BCUT2D eigenvalue weighted by Gasteiger charge is 2.23. The Labute approximate surface area is 171 Å². The van der Waals surface area contributed by atoms with E-state index in [0.29, 0.717) is 19.0 Å². The van der Waals surface area contributed by atoms with Gasteiger partial charge in [-0.15, -0.1) is 0 Å². The maximum atomic E-state index is 12.3. The molecule has 0 saturated carbocycles. The summed E-state index contributed by atoms with van der Waals surface area (Å²) in [5, 5.41) is 20.5. The van der Waals surface area contributed by atoms with Crippen LogP contribution in [0.5, 0.6) is 0 Å². The monoisotopic (exact) mass is 424 g/mol. The van der Waals surface area contributed by atoms with Crippen LogP contribution in [0.25, 0.3) is 0 Å². The summed E-state index contributed by atoms with van der Waals surface area (Å²) in [5.41, 5.74) is 0.767. The molecule has 2 aromatic rings. The number of hydrogen-bond acceptors (Lipinski definition) is 5. The van der Waals surface area contributed by atoms with Crippen molar-refractivity contribution in [1.82, 2.24) is 15.4 Å². The van der Waals surface area contributed by atoms with Gasteiger partial charge >= 0.3 is 0 Å². The molecule has 0 saturated heterocycles. The zero-order chi connectivity index (χ0) is 20.6. The number of nitrogens with zero attached hydrogens (tertiary/aromatic N) is 1. The van der Waals surface area contributed by atoms with Gasteiger partial charge in [-0.2, -0.15) is 11.3 Å². The van der Waals surface area contributed by atoms with E-state index in [1.54, 1.807) is 31.2 Å². The third-order valence-corrected chi connectivity index (χ3v) is 6.23. The van der Waals surface area contributed by atoms with E-state index in [2.05, 4.69) is 20.3 Å². The van der Waals surface area contributed by atoms with Crippen molar-refractivity contribution in [3.63, 3.8) is 0 Å². The predicted molar refractivity (Wildman–Crippen MR) is 114 cm³/mol. The molecule has 2 rings (SSSR count). The minimum atomic E-state index is -3.54. The van der Waals surface area contributed by atoms with Gasteiger partial charge in [-0.05, 0) is 55.3 Å². The van der Waals surface area contributed by atoms with Crippen molar-refractivity contribution >= 4 is 27.3 Å². The molecule has 0 aliphatic heterocycles. The van der Waals surface area contributed by atoms with Crippen molar-refractivity contribution < 1.29 is 13.5 Å². The highest BCUT2D eigenvalue weighted by Crippen LogP contribution is 2.23. The minimum absolute atomic E-state index is 0.189. The number of aliphatic hydroxyl groups is 1. The maximum absolute atomic E-state index is 12.3. The van der Waals surface area contributed by atoms with E-state index in [1.165, 1.54) is 11.3 Å². The number of aryl methyl sites for hydroxylation is 1. The fourth-order valence-corrected chi connectivity index (χ4v) is 4.22. The molecule has 0 bridgehead atoms. The Kier molecular flexibility index (Phi) is 7.99. The lowest BCUT2D eigenvalue weighted by Crippen LogP contribution is -2.42. The van der Waals surface area contributed by atoms with Crippen LogP contribution >= 0.6 is 11.3 Å². The molecule has 0 aliphatic carbocycles. The van der Waals surface area contributed by atoms with Crippen molar-refractivity contribution in [2.45, 2.75) is 31.3 Å². The molecule has 1 aromatic carbocycles. The van der Waals surface area contributed by atoms with Gasteiger partial charge in [0, 0.05) is 19.6 Å². The number of hydrogen-bond donors (Lipinski definition) is 4. The first kappa shape index (κ1) is 22.4. The normalized spacial score (nSPS) is 14.5. The van der Waals surface area contributed by atoms with E-state index in [-0.39, 0.29) is 18.0 Å². The molecule has 0 spiro atoms. The van der Waals surface area contributed by atoms with Gasteiger partial charge in [-0.25, -0.2) is 18.1 Å². The molecule has 0 fully saturated rings. The first-order valence-electron chi connectivity index (χ1n) is 9.08. The van der Waals surface area contributed by atoms with Gasteiger partial charge in [0.1, 0.15) is 5.60 Å². The van der Waals surface area contributed by atoms with Crippen LogP contribution in [-0.2, 0) is 15.6 Å². The minimum Gasteiger partial charge on any atom is -0.383 e. The largest absolute Gasteiger partial charge is 0.383 e. The summed E-state index contributed by atoms with van der Waals surface area (Å²) < 4.78 is 27.1. The molecule has 154 valence electrons. The number of sulfonamides is 1. The van der Waals surface area contributed by atoms with Gasteiger partial charge in [0.15, 0.2) is 5.96 Å². The second kappa shape index (κ2) is 10.0. The molecular weight excluding hydrogens is 396 g/mol. The molecular formula is C19H28N4O3S2. The topological polar surface area (TPSA) is 103 Å². The van der Waals surface area contributed by atoms with Gasteiger partial charge in [0.2, 0.25) is 10.0 Å². The molecule has 28 heavy (non-hydrogen) atoms. The van der Waals surface area contributed by atoms with Crippen molar-refractivity contribution in [2.75, 3.05) is 26.2 Å². The van der Waals surface area contributed by atoms with Crippen molar-refractivity contribution in [2.24, 2.45) is 4.99 Å². The summed E-state index contributed by atoms with van der Waals surface area (Å²) in [6.07, 6.45) is 0. The van der Waals surface area contributed by atoms with Gasteiger partial charge in [-0.1, -0.05) is 17.7 Å². The Morgan fingerprint density at radius 2 is 1.89 bits per heavy atom. The summed E-state index contributed by atoms with van der Waals surface area (Å²) in [6.45, 7) is 6.98. The second-order valence-electron chi connectivity index (χ2n) is 6.62. The van der Waals surface area contributed by atoms with Crippen molar-refractivity contribution in [1.29, 1.82) is 0 Å². The molecule has 1 atom stereocenters. The first-order chi connectivity index (χ1) is 13.2. The van der Waals surface area contributed by atoms with E-state index in [0.717, 1.165) is 11.1 Å². The fraction of sp³-hybridized carbons (Fsp3) is 0.421. The Balaban J connectivity index is 1.88. The average Bonchev–Trinajstić information content (AvgIpc) is 3.19. The molecule has 0 amide bonds. The maximum Gasteiger partial charge on any atom is 0.240 e. The molecule has 9 heteroatoms. The molecule has 7 nitrogen and oxygen atoms in total. The Morgan fingerprint density at radius 3 is 2.50 bits per heavy atom. The van der Waals surface area contributed by atoms with Crippen LogP contribution in [0, 0.1) is 6.92 Å². The van der Waals surface area contributed by atoms with Crippen LogP contribution in [0.2, 0.25) is 0 Å². The number of rotatable bonds is 9. The van der Waals surface area contributed by atoms with Gasteiger partial charge < -0.3 is 15.7 Å². The summed E-state index contributed by atoms with van der Waals surface area (Å²) in [7, 11) is -3.54. The summed E-state index contributed by atoms with van der Waals surface area (Å²) in [5.74, 6) is 0.521. The van der Waals surface area contributed by atoms with Crippen LogP contribution in [0.4, 0.5) is 0 Å². The number of aliphatic imine (C=N–C) groups is 1. The highest BCUT2D eigenvalue weighted by atomic mass is 32.2. The molecule has 0 radical (unpaired) electrons. The highest BCUT2D eigenvalue weighted by molar-refractivity contribution is 7.89. The number of nitrogens with one attached hydrogen (secondary N) is 3. The van der Waals surface area contributed by atoms with Crippen molar-refractivity contribution in [3.8, 4) is 0 Å². The van der Waals surface area contributed by atoms with Gasteiger partial charge in [-0.3, -0.25) is 0 Å². The van der Waals surface area contributed by atoms with Crippen LogP contribution in [-0.4, -0.2) is 45.7 Å². The lowest BCUT2D eigenvalue weighted by molar-refractivity contribution is 0.0677. The molecule has 0 aliphatic rings. The molecule has 1 heterocycles. The third-order valence-electron chi connectivity index (χ3n) is 4.07. The van der Waals surface area contributed by atoms with Crippen LogP contribution in [0.1, 0.15) is 25.0 Å². The Hall–Kier alpha value is -1.94. The number of benzene rings is 1. The summed E-state index contributed by atoms with van der Waals surface area (Å²) in [4.78, 5) is 4.66. The Bertz CT molecular complexity index is 861. The predicted octanol–water partition coefficient (Wildman–Crippen LogP) is 1.80. The number of thiophene rings is 1. The summed E-state index contributed by atoms with van der Waals surface area (Å²) >= 11 is 1.52. The fourth-order valence-electron chi connectivity index (χ4n) is 2.40. The number of guanidine groups is 1. The molecule has 1 aromatic heterocycles. The van der Waals surface area contributed by atoms with E-state index < -0.39 is 15.6 Å². The second-order valence-corrected chi connectivity index (χ2v) is 9.17. The van der Waals surface area contributed by atoms with E-state index in [4.69, 9.17) is 0 Å². The first-order valence-corrected chi connectivity index (χ1v) is 11.5. The average molecular weight is 425 g/mol. The van der Waals surface area contributed by atoms with E-state index >= 15 is 0 Å². The van der Waals surface area contributed by atoms with E-state index in [9.17, 15) is 13.5 Å². The molecule has 1 unspecified atom stereocenters. The molecule has 4 N–H and O–H groups in total. The van der Waals surface area contributed by atoms with Gasteiger partial charge in [0.25, 0.3) is 0 Å². The standard InChI is InChI=1S/C19H28N4O3S2/c1-4-20-18(22-14-19(3,24)16-9-12-27-13-16)21-10-11-23-28(25,26)17-7-5-15(2)6-8-17/h5-9,12-13,23-24H,4,10-11,14H2,1-3H3,(H2,20,21,22). The van der Waals surface area contributed by atoms with Gasteiger partial charge in [0.05, 0.1) is 11.4 Å². The van der Waals surface area contributed by atoms with Crippen molar-refractivity contribution in [3.05, 3.63) is 52.2 Å². The SMILES string of the molecule is CCNC(=NCC(C)(O)c1ccsc1)NCCNS(=O)(=O)c1ccc(C)cc1. The zero-order valence-corrected chi connectivity index (χ0v) is 18.0. The lowest BCUT2D eigenvalue weighted by atomic mass is 10.00. The van der Waals surface area contributed by atoms with Crippen LogP contribution in [0.15, 0.2) is 51.0 Å².